The molecule has 27 heavy (non-hydrogen) atoms. The van der Waals surface area contributed by atoms with E-state index in [1.165, 1.54) is 61.3 Å². The van der Waals surface area contributed by atoms with Gasteiger partial charge in [0.2, 0.25) is 5.89 Å². The molecule has 1 aromatic heterocycles. The van der Waals surface area contributed by atoms with Crippen molar-refractivity contribution in [3.8, 4) is 0 Å². The fraction of sp³-hybridized carbons (Fsp3) is 0.478. The van der Waals surface area contributed by atoms with Crippen LogP contribution in [0.4, 0.5) is 0 Å². The smallest absolute Gasteiger partial charge is 0.229 e. The summed E-state index contributed by atoms with van der Waals surface area (Å²) in [5.74, 6) is 2.20. The molecular weight excluding hydrogens is 334 g/mol. The molecule has 140 valence electrons. The second kappa shape index (κ2) is 7.43. The summed E-state index contributed by atoms with van der Waals surface area (Å²) in [7, 11) is 0. The average molecular weight is 361 g/mol. The van der Waals surface area contributed by atoms with E-state index in [9.17, 15) is 0 Å². The van der Waals surface area contributed by atoms with Gasteiger partial charge >= 0.3 is 0 Å². The van der Waals surface area contributed by atoms with E-state index in [0.29, 0.717) is 12.0 Å². The first-order valence-corrected chi connectivity index (χ1v) is 10.4. The minimum atomic E-state index is 0.438. The maximum absolute atomic E-state index is 5.64. The minimum Gasteiger partial charge on any atom is -0.339 e. The van der Waals surface area contributed by atoms with E-state index in [-0.39, 0.29) is 0 Å². The van der Waals surface area contributed by atoms with E-state index in [1.807, 2.05) is 0 Å². The lowest BCUT2D eigenvalue weighted by Gasteiger charge is -2.24. The summed E-state index contributed by atoms with van der Waals surface area (Å²) >= 11 is 0. The summed E-state index contributed by atoms with van der Waals surface area (Å²) < 4.78 is 5.64. The Labute approximate surface area is 160 Å². The third-order valence-corrected chi connectivity index (χ3v) is 6.33. The normalized spacial score (nSPS) is 21.9. The number of rotatable bonds is 4. The zero-order valence-corrected chi connectivity index (χ0v) is 15.8. The zero-order chi connectivity index (χ0) is 18.1. The molecule has 2 aromatic carbocycles. The number of aromatic nitrogens is 2. The molecule has 0 spiro atoms. The maximum Gasteiger partial charge on any atom is 0.229 e. The van der Waals surface area contributed by atoms with Gasteiger partial charge < -0.3 is 4.52 Å². The maximum atomic E-state index is 5.64. The second-order valence-corrected chi connectivity index (χ2v) is 8.08. The number of likely N-dealkylation sites (tertiary alicyclic amines) is 1. The van der Waals surface area contributed by atoms with Gasteiger partial charge in [-0.3, -0.25) is 4.90 Å². The van der Waals surface area contributed by atoms with Crippen molar-refractivity contribution in [2.45, 2.75) is 63.5 Å². The molecule has 1 atom stereocenters. The summed E-state index contributed by atoms with van der Waals surface area (Å²) in [5, 5.41) is 7.01. The molecule has 3 aromatic rings. The zero-order valence-electron chi connectivity index (χ0n) is 15.8. The Morgan fingerprint density at radius 1 is 0.926 bits per heavy atom. The highest BCUT2D eigenvalue weighted by Gasteiger charge is 2.29. The van der Waals surface area contributed by atoms with Crippen molar-refractivity contribution < 1.29 is 4.52 Å². The second-order valence-electron chi connectivity index (χ2n) is 8.08. The lowest BCUT2D eigenvalue weighted by atomic mass is 9.89. The molecule has 0 amide bonds. The highest BCUT2D eigenvalue weighted by Crippen LogP contribution is 2.37. The van der Waals surface area contributed by atoms with Crippen LogP contribution in [0, 0.1) is 0 Å². The van der Waals surface area contributed by atoms with Crippen LogP contribution in [0.15, 0.2) is 47.0 Å². The van der Waals surface area contributed by atoms with Crippen LogP contribution in [-0.2, 0) is 6.54 Å². The molecule has 1 aliphatic heterocycles. The van der Waals surface area contributed by atoms with Crippen LogP contribution in [0.3, 0.4) is 0 Å². The molecule has 2 aliphatic rings. The SMILES string of the molecule is c1ccc2c(C3CCCN3Cc3noc(C4CCCCC4)n3)cccc2c1. The Hall–Kier alpha value is -2.20. The third-order valence-electron chi connectivity index (χ3n) is 6.33. The summed E-state index contributed by atoms with van der Waals surface area (Å²) in [6.07, 6.45) is 8.74. The van der Waals surface area contributed by atoms with Gasteiger partial charge in [0, 0.05) is 12.0 Å². The molecule has 1 unspecified atom stereocenters. The molecule has 0 radical (unpaired) electrons. The molecule has 2 heterocycles. The Kier molecular flexibility index (Phi) is 4.66. The highest BCUT2D eigenvalue weighted by molar-refractivity contribution is 5.86. The topological polar surface area (TPSA) is 42.2 Å². The molecule has 1 saturated heterocycles. The number of hydrogen-bond acceptors (Lipinski definition) is 4. The van der Waals surface area contributed by atoms with Crippen LogP contribution in [0.25, 0.3) is 10.8 Å². The van der Waals surface area contributed by atoms with Crippen molar-refractivity contribution in [1.82, 2.24) is 15.0 Å². The first-order chi connectivity index (χ1) is 13.4. The molecular formula is C23H27N3O. The Balaban J connectivity index is 1.36. The van der Waals surface area contributed by atoms with Crippen molar-refractivity contribution in [3.05, 3.63) is 59.7 Å². The van der Waals surface area contributed by atoms with Gasteiger partial charge in [0.05, 0.1) is 6.54 Å². The van der Waals surface area contributed by atoms with Gasteiger partial charge in [-0.15, -0.1) is 0 Å². The first-order valence-electron chi connectivity index (χ1n) is 10.4. The van der Waals surface area contributed by atoms with Gasteiger partial charge in [0.15, 0.2) is 5.82 Å². The van der Waals surface area contributed by atoms with Gasteiger partial charge in [0.25, 0.3) is 0 Å². The van der Waals surface area contributed by atoms with Crippen molar-refractivity contribution in [1.29, 1.82) is 0 Å². The molecule has 4 heteroatoms. The van der Waals surface area contributed by atoms with Crippen LogP contribution in [0.2, 0.25) is 0 Å². The summed E-state index contributed by atoms with van der Waals surface area (Å²) in [6, 6.07) is 15.8. The molecule has 1 aliphatic carbocycles. The third kappa shape index (κ3) is 3.39. The summed E-state index contributed by atoms with van der Waals surface area (Å²) in [4.78, 5) is 7.29. The van der Waals surface area contributed by atoms with Crippen LogP contribution in [0.5, 0.6) is 0 Å². The number of hydrogen-bond donors (Lipinski definition) is 0. The van der Waals surface area contributed by atoms with Gasteiger partial charge in [-0.25, -0.2) is 0 Å². The molecule has 1 saturated carbocycles. The van der Waals surface area contributed by atoms with Crippen LogP contribution < -0.4 is 0 Å². The van der Waals surface area contributed by atoms with E-state index in [4.69, 9.17) is 9.51 Å². The van der Waals surface area contributed by atoms with Gasteiger partial charge in [-0.1, -0.05) is 66.9 Å². The van der Waals surface area contributed by atoms with Crippen molar-refractivity contribution in [2.75, 3.05) is 6.54 Å². The first kappa shape index (κ1) is 16.9. The highest BCUT2D eigenvalue weighted by atomic mass is 16.5. The van der Waals surface area contributed by atoms with Gasteiger partial charge in [0.1, 0.15) is 0 Å². The number of fused-ring (bicyclic) bond motifs is 1. The number of nitrogens with zero attached hydrogens (tertiary/aromatic N) is 3. The quantitative estimate of drug-likeness (QED) is 0.606. The molecule has 0 N–H and O–H groups in total. The molecule has 4 nitrogen and oxygen atoms in total. The van der Waals surface area contributed by atoms with Crippen molar-refractivity contribution in [3.63, 3.8) is 0 Å². The predicted molar refractivity (Wildman–Crippen MR) is 106 cm³/mol. The Morgan fingerprint density at radius 3 is 2.70 bits per heavy atom. The van der Waals surface area contributed by atoms with E-state index < -0.39 is 0 Å². The van der Waals surface area contributed by atoms with Gasteiger partial charge in [-0.05, 0) is 48.6 Å². The van der Waals surface area contributed by atoms with Crippen molar-refractivity contribution in [2.24, 2.45) is 0 Å². The molecule has 5 rings (SSSR count). The van der Waals surface area contributed by atoms with Crippen LogP contribution >= 0.6 is 0 Å². The van der Waals surface area contributed by atoms with Crippen LogP contribution in [-0.4, -0.2) is 21.6 Å². The molecule has 0 bridgehead atoms. The minimum absolute atomic E-state index is 0.438. The lowest BCUT2D eigenvalue weighted by Crippen LogP contribution is -2.23. The van der Waals surface area contributed by atoms with E-state index in [2.05, 4.69) is 52.5 Å². The largest absolute Gasteiger partial charge is 0.339 e. The fourth-order valence-electron chi connectivity index (χ4n) is 4.94. The standard InChI is InChI=1S/C23H27N3O/c1-2-9-18(10-3-1)23-24-22(25-27-23)16-26-15-7-14-21(26)20-13-6-11-17-8-4-5-12-19(17)20/h4-6,8,11-13,18,21H,1-3,7,9-10,14-16H2. The Bertz CT molecular complexity index is 907. The van der Waals surface area contributed by atoms with Gasteiger partial charge in [-0.2, -0.15) is 4.98 Å². The lowest BCUT2D eigenvalue weighted by molar-refractivity contribution is 0.238. The van der Waals surface area contributed by atoms with E-state index in [0.717, 1.165) is 24.8 Å². The number of benzene rings is 2. The monoisotopic (exact) mass is 361 g/mol. The van der Waals surface area contributed by atoms with E-state index in [1.54, 1.807) is 0 Å². The van der Waals surface area contributed by atoms with Crippen LogP contribution in [0.1, 0.15) is 74.2 Å². The predicted octanol–water partition coefficient (Wildman–Crippen LogP) is 5.61. The summed E-state index contributed by atoms with van der Waals surface area (Å²) in [5.41, 5.74) is 1.43. The average Bonchev–Trinajstić information content (AvgIpc) is 3.38. The van der Waals surface area contributed by atoms with E-state index >= 15 is 0 Å². The summed E-state index contributed by atoms with van der Waals surface area (Å²) in [6.45, 7) is 1.88. The molecule has 2 fully saturated rings. The fourth-order valence-corrected chi connectivity index (χ4v) is 4.94. The van der Waals surface area contributed by atoms with Crippen molar-refractivity contribution >= 4 is 10.8 Å². The Morgan fingerprint density at radius 2 is 1.78 bits per heavy atom.